The molecule has 0 aliphatic rings. The molecule has 0 fully saturated rings. The summed E-state index contributed by atoms with van der Waals surface area (Å²) in [5.74, 6) is -0.799. The van der Waals surface area contributed by atoms with E-state index in [2.05, 4.69) is 5.32 Å². The summed E-state index contributed by atoms with van der Waals surface area (Å²) in [6.07, 6.45) is 0.367. The van der Waals surface area contributed by atoms with E-state index in [9.17, 15) is 14.4 Å². The number of hydrogen-bond donors (Lipinski definition) is 2. The molecule has 3 aromatic rings. The molecule has 0 saturated carbocycles. The summed E-state index contributed by atoms with van der Waals surface area (Å²) >= 11 is 0. The highest BCUT2D eigenvalue weighted by Gasteiger charge is 2.19. The molecule has 0 atom stereocenters. The smallest absolute Gasteiger partial charge is 0.344 e. The van der Waals surface area contributed by atoms with Gasteiger partial charge in [0.25, 0.3) is 5.91 Å². The molecule has 0 bridgehead atoms. The first-order valence-electron chi connectivity index (χ1n) is 11.3. The number of hydrogen-bond acceptors (Lipinski definition) is 5. The third kappa shape index (κ3) is 6.26. The fraction of sp³-hybridized carbons (Fsp3) is 0.250. The van der Waals surface area contributed by atoms with Gasteiger partial charge in [-0.3, -0.25) is 9.59 Å². The average molecular weight is 476 g/mol. The molecular weight excluding hydrogens is 446 g/mol. The van der Waals surface area contributed by atoms with Gasteiger partial charge in [-0.1, -0.05) is 30.3 Å². The van der Waals surface area contributed by atoms with Gasteiger partial charge in [-0.15, -0.1) is 0 Å². The highest BCUT2D eigenvalue weighted by molar-refractivity contribution is 6.06. The SMILES string of the molecule is Cc1cccc(C)c1C(=O)Oc1ccc(C(=O)Nc2ccccc2OCCCC(=O)O)c(C)c1C. The summed E-state index contributed by atoms with van der Waals surface area (Å²) in [6.45, 7) is 7.55. The minimum absolute atomic E-state index is 0.00727. The third-order valence-corrected chi connectivity index (χ3v) is 5.80. The second-order valence-corrected chi connectivity index (χ2v) is 8.31. The van der Waals surface area contributed by atoms with Crippen molar-refractivity contribution in [1.29, 1.82) is 0 Å². The molecule has 0 saturated heterocycles. The van der Waals surface area contributed by atoms with Crippen LogP contribution in [0.1, 0.15) is 55.8 Å². The van der Waals surface area contributed by atoms with Gasteiger partial charge in [-0.05, 0) is 80.6 Å². The number of carbonyl (C=O) groups excluding carboxylic acids is 2. The molecule has 35 heavy (non-hydrogen) atoms. The zero-order valence-electron chi connectivity index (χ0n) is 20.3. The Balaban J connectivity index is 1.75. The lowest BCUT2D eigenvalue weighted by Gasteiger charge is -2.16. The van der Waals surface area contributed by atoms with Crippen LogP contribution in [0, 0.1) is 27.7 Å². The van der Waals surface area contributed by atoms with Gasteiger partial charge in [-0.2, -0.15) is 0 Å². The maximum absolute atomic E-state index is 13.1. The van der Waals surface area contributed by atoms with Crippen molar-refractivity contribution in [2.45, 2.75) is 40.5 Å². The number of amides is 1. The minimum Gasteiger partial charge on any atom is -0.491 e. The van der Waals surface area contributed by atoms with Gasteiger partial charge in [0.05, 0.1) is 17.9 Å². The molecule has 1 amide bonds. The maximum atomic E-state index is 13.1. The van der Waals surface area contributed by atoms with E-state index in [1.54, 1.807) is 50.2 Å². The number of anilines is 1. The van der Waals surface area contributed by atoms with Crippen molar-refractivity contribution in [3.05, 3.63) is 88.0 Å². The van der Waals surface area contributed by atoms with E-state index in [0.29, 0.717) is 45.9 Å². The van der Waals surface area contributed by atoms with Crippen LogP contribution < -0.4 is 14.8 Å². The van der Waals surface area contributed by atoms with E-state index in [1.165, 1.54) is 0 Å². The molecule has 182 valence electrons. The molecule has 0 aliphatic heterocycles. The Bertz CT molecular complexity index is 1240. The number of rotatable bonds is 9. The Kier molecular flexibility index (Phi) is 8.25. The number of aliphatic carboxylic acids is 1. The molecule has 0 spiro atoms. The Hall–Kier alpha value is -4.13. The topological polar surface area (TPSA) is 102 Å². The lowest BCUT2D eigenvalue weighted by molar-refractivity contribution is -0.137. The quantitative estimate of drug-likeness (QED) is 0.236. The van der Waals surface area contributed by atoms with Gasteiger partial charge in [0.1, 0.15) is 11.5 Å². The van der Waals surface area contributed by atoms with Crippen LogP contribution in [0.2, 0.25) is 0 Å². The summed E-state index contributed by atoms with van der Waals surface area (Å²) in [7, 11) is 0. The number of esters is 1. The minimum atomic E-state index is -0.885. The molecule has 3 aromatic carbocycles. The molecule has 0 radical (unpaired) electrons. The van der Waals surface area contributed by atoms with Crippen molar-refractivity contribution >= 4 is 23.5 Å². The summed E-state index contributed by atoms with van der Waals surface area (Å²) in [5, 5.41) is 11.6. The highest BCUT2D eigenvalue weighted by Crippen LogP contribution is 2.29. The monoisotopic (exact) mass is 475 g/mol. The number of benzene rings is 3. The van der Waals surface area contributed by atoms with Crippen LogP contribution in [-0.4, -0.2) is 29.6 Å². The van der Waals surface area contributed by atoms with Crippen LogP contribution in [0.3, 0.4) is 0 Å². The second-order valence-electron chi connectivity index (χ2n) is 8.31. The van der Waals surface area contributed by atoms with E-state index >= 15 is 0 Å². The van der Waals surface area contributed by atoms with Crippen LogP contribution in [0.5, 0.6) is 11.5 Å². The largest absolute Gasteiger partial charge is 0.491 e. The lowest BCUT2D eigenvalue weighted by atomic mass is 10.0. The molecule has 2 N–H and O–H groups in total. The lowest BCUT2D eigenvalue weighted by Crippen LogP contribution is -2.16. The number of para-hydroxylation sites is 2. The van der Waals surface area contributed by atoms with Gasteiger partial charge >= 0.3 is 11.9 Å². The van der Waals surface area contributed by atoms with E-state index in [4.69, 9.17) is 14.6 Å². The number of carboxylic acids is 1. The molecular formula is C28H29NO6. The van der Waals surface area contributed by atoms with Gasteiger partial charge in [-0.25, -0.2) is 4.79 Å². The van der Waals surface area contributed by atoms with Crippen LogP contribution in [0.15, 0.2) is 54.6 Å². The zero-order valence-corrected chi connectivity index (χ0v) is 20.3. The number of nitrogens with one attached hydrogen (secondary N) is 1. The average Bonchev–Trinajstić information content (AvgIpc) is 2.80. The van der Waals surface area contributed by atoms with Crippen LogP contribution in [-0.2, 0) is 4.79 Å². The van der Waals surface area contributed by atoms with Crippen molar-refractivity contribution in [2.75, 3.05) is 11.9 Å². The predicted octanol–water partition coefficient (Wildman–Crippen LogP) is 5.64. The van der Waals surface area contributed by atoms with Crippen LogP contribution >= 0.6 is 0 Å². The Morgan fingerprint density at radius 3 is 2.20 bits per heavy atom. The van der Waals surface area contributed by atoms with Crippen molar-refractivity contribution in [2.24, 2.45) is 0 Å². The molecule has 0 heterocycles. The number of carboxylic acid groups (broad SMARTS) is 1. The zero-order chi connectivity index (χ0) is 25.5. The predicted molar refractivity (Wildman–Crippen MR) is 134 cm³/mol. The second kappa shape index (κ2) is 11.3. The van der Waals surface area contributed by atoms with Crippen molar-refractivity contribution in [1.82, 2.24) is 0 Å². The summed E-state index contributed by atoms with van der Waals surface area (Å²) in [6, 6.07) is 15.8. The summed E-state index contributed by atoms with van der Waals surface area (Å²) in [4.78, 5) is 36.5. The van der Waals surface area contributed by atoms with E-state index in [-0.39, 0.29) is 18.9 Å². The van der Waals surface area contributed by atoms with Gasteiger partial charge < -0.3 is 19.9 Å². The first-order valence-corrected chi connectivity index (χ1v) is 11.3. The first kappa shape index (κ1) is 25.5. The maximum Gasteiger partial charge on any atom is 0.344 e. The molecule has 7 heteroatoms. The fourth-order valence-corrected chi connectivity index (χ4v) is 3.73. The third-order valence-electron chi connectivity index (χ3n) is 5.80. The molecule has 7 nitrogen and oxygen atoms in total. The molecule has 0 aromatic heterocycles. The standard InChI is InChI=1S/C28H29NO6/c1-17-9-7-10-18(2)26(17)28(33)35-23-15-14-21(19(3)20(23)4)27(32)29-22-11-5-6-12-24(22)34-16-8-13-25(30)31/h5-7,9-12,14-15H,8,13,16H2,1-4H3,(H,29,32)(H,30,31). The van der Waals surface area contributed by atoms with Gasteiger partial charge in [0.15, 0.2) is 0 Å². The normalized spacial score (nSPS) is 10.5. The van der Waals surface area contributed by atoms with Gasteiger partial charge in [0, 0.05) is 12.0 Å². The molecule has 0 unspecified atom stereocenters. The number of ether oxygens (including phenoxy) is 2. The van der Waals surface area contributed by atoms with Crippen molar-refractivity contribution < 1.29 is 29.0 Å². The van der Waals surface area contributed by atoms with Crippen LogP contribution in [0.4, 0.5) is 5.69 Å². The van der Waals surface area contributed by atoms with E-state index < -0.39 is 11.9 Å². The fourth-order valence-electron chi connectivity index (χ4n) is 3.73. The Labute approximate surface area is 204 Å². The van der Waals surface area contributed by atoms with E-state index in [0.717, 1.165) is 11.1 Å². The van der Waals surface area contributed by atoms with Crippen molar-refractivity contribution in [3.63, 3.8) is 0 Å². The molecule has 0 aliphatic carbocycles. The molecule has 3 rings (SSSR count). The number of carbonyl (C=O) groups is 3. The highest BCUT2D eigenvalue weighted by atomic mass is 16.5. The Morgan fingerprint density at radius 2 is 1.51 bits per heavy atom. The van der Waals surface area contributed by atoms with E-state index in [1.807, 2.05) is 32.0 Å². The van der Waals surface area contributed by atoms with Crippen LogP contribution in [0.25, 0.3) is 0 Å². The first-order chi connectivity index (χ1) is 16.7. The Morgan fingerprint density at radius 1 is 0.829 bits per heavy atom. The summed E-state index contributed by atoms with van der Waals surface area (Å²) in [5.41, 5.74) is 4.51. The van der Waals surface area contributed by atoms with Gasteiger partial charge in [0.2, 0.25) is 0 Å². The number of aryl methyl sites for hydroxylation is 2. The van der Waals surface area contributed by atoms with Crippen molar-refractivity contribution in [3.8, 4) is 11.5 Å². The summed E-state index contributed by atoms with van der Waals surface area (Å²) < 4.78 is 11.4.